The fraction of sp³-hybridized carbons (Fsp3) is 0.105. The van der Waals surface area contributed by atoms with Crippen LogP contribution in [-0.2, 0) is 4.74 Å². The van der Waals surface area contributed by atoms with Crippen LogP contribution in [0.15, 0.2) is 59.3 Å². The van der Waals surface area contributed by atoms with E-state index < -0.39 is 16.6 Å². The van der Waals surface area contributed by atoms with Crippen molar-refractivity contribution in [3.8, 4) is 11.6 Å². The number of carbonyl (C=O) groups is 1. The van der Waals surface area contributed by atoms with Gasteiger partial charge in [0.05, 0.1) is 22.8 Å². The van der Waals surface area contributed by atoms with Crippen LogP contribution in [-0.4, -0.2) is 27.5 Å². The molecule has 0 bridgehead atoms. The highest BCUT2D eigenvalue weighted by molar-refractivity contribution is 9.10. The summed E-state index contributed by atoms with van der Waals surface area (Å²) in [5.41, 5.74) is 0.0639. The van der Waals surface area contributed by atoms with E-state index in [9.17, 15) is 14.9 Å². The Morgan fingerprint density at radius 2 is 1.90 bits per heavy atom. The summed E-state index contributed by atoms with van der Waals surface area (Å²) in [6.07, 6.45) is 1.14. The molecule has 10 heteroatoms. The van der Waals surface area contributed by atoms with Crippen molar-refractivity contribution in [3.05, 3.63) is 75.0 Å². The lowest BCUT2D eigenvalue weighted by Crippen LogP contribution is -2.09. The number of halogens is 1. The molecule has 3 aromatic rings. The van der Waals surface area contributed by atoms with E-state index in [1.165, 1.54) is 0 Å². The van der Waals surface area contributed by atoms with Crippen molar-refractivity contribution in [3.63, 3.8) is 0 Å². The molecule has 3 rings (SSSR count). The summed E-state index contributed by atoms with van der Waals surface area (Å²) in [5, 5.41) is 14.5. The Labute approximate surface area is 174 Å². The van der Waals surface area contributed by atoms with E-state index in [1.807, 2.05) is 0 Å². The minimum atomic E-state index is -0.649. The number of ether oxygens (including phenoxy) is 2. The molecule has 2 aromatic carbocycles. The standard InChI is InChI=1S/C19H15BrN4O5/c1-2-28-19(25)14-5-3-4-6-15(14)23-17-16(24(26)27)18(22-11-21-17)29-13-9-7-12(20)8-10-13/h3-11H,2H2,1H3,(H,21,22,23). The number of anilines is 2. The lowest BCUT2D eigenvalue weighted by atomic mass is 10.2. The summed E-state index contributed by atoms with van der Waals surface area (Å²) in [7, 11) is 0. The lowest BCUT2D eigenvalue weighted by molar-refractivity contribution is -0.385. The average molecular weight is 459 g/mol. The highest BCUT2D eigenvalue weighted by Crippen LogP contribution is 2.36. The molecule has 9 nitrogen and oxygen atoms in total. The molecule has 1 heterocycles. The molecule has 148 valence electrons. The average Bonchev–Trinajstić information content (AvgIpc) is 2.70. The fourth-order valence-electron chi connectivity index (χ4n) is 2.41. The van der Waals surface area contributed by atoms with Gasteiger partial charge >= 0.3 is 17.5 Å². The minimum Gasteiger partial charge on any atom is -0.462 e. The van der Waals surface area contributed by atoms with Crippen LogP contribution in [0.2, 0.25) is 0 Å². The quantitative estimate of drug-likeness (QED) is 0.303. The van der Waals surface area contributed by atoms with Gasteiger partial charge in [0.1, 0.15) is 12.1 Å². The Bertz CT molecular complexity index is 1040. The van der Waals surface area contributed by atoms with Gasteiger partial charge in [-0.15, -0.1) is 0 Å². The molecular formula is C19H15BrN4O5. The molecule has 0 atom stereocenters. The van der Waals surface area contributed by atoms with E-state index >= 15 is 0 Å². The number of esters is 1. The third-order valence-corrected chi connectivity index (χ3v) is 4.20. The summed E-state index contributed by atoms with van der Waals surface area (Å²) in [6, 6.07) is 13.2. The van der Waals surface area contributed by atoms with Crippen LogP contribution < -0.4 is 10.1 Å². The van der Waals surface area contributed by atoms with Crippen LogP contribution in [0.25, 0.3) is 0 Å². The second kappa shape index (κ2) is 9.11. The molecule has 0 saturated heterocycles. The molecule has 29 heavy (non-hydrogen) atoms. The van der Waals surface area contributed by atoms with Crippen molar-refractivity contribution >= 4 is 39.1 Å². The number of hydrogen-bond acceptors (Lipinski definition) is 8. The predicted octanol–water partition coefficient (Wildman–Crippen LogP) is 4.86. The Morgan fingerprint density at radius 3 is 2.59 bits per heavy atom. The zero-order chi connectivity index (χ0) is 20.8. The summed E-state index contributed by atoms with van der Waals surface area (Å²) < 4.78 is 11.4. The van der Waals surface area contributed by atoms with Crippen molar-refractivity contribution in [1.82, 2.24) is 9.97 Å². The van der Waals surface area contributed by atoms with Gasteiger partial charge in [-0.05, 0) is 43.3 Å². The third kappa shape index (κ3) is 4.85. The van der Waals surface area contributed by atoms with Crippen LogP contribution in [0.3, 0.4) is 0 Å². The zero-order valence-electron chi connectivity index (χ0n) is 15.2. The number of hydrogen-bond donors (Lipinski definition) is 1. The third-order valence-electron chi connectivity index (χ3n) is 3.67. The van der Waals surface area contributed by atoms with Crippen LogP contribution in [0, 0.1) is 10.1 Å². The SMILES string of the molecule is CCOC(=O)c1ccccc1Nc1ncnc(Oc2ccc(Br)cc2)c1[N+](=O)[O-]. The normalized spacial score (nSPS) is 10.3. The first-order chi connectivity index (χ1) is 14.0. The summed E-state index contributed by atoms with van der Waals surface area (Å²) in [4.78, 5) is 31.1. The van der Waals surface area contributed by atoms with Gasteiger partial charge in [0.25, 0.3) is 0 Å². The number of nitrogens with zero attached hydrogens (tertiary/aromatic N) is 3. The second-order valence-electron chi connectivity index (χ2n) is 5.58. The lowest BCUT2D eigenvalue weighted by Gasteiger charge is -2.12. The van der Waals surface area contributed by atoms with Gasteiger partial charge in [-0.2, -0.15) is 4.98 Å². The highest BCUT2D eigenvalue weighted by atomic mass is 79.9. The summed E-state index contributed by atoms with van der Waals surface area (Å²) in [5.74, 6) is -0.538. The van der Waals surface area contributed by atoms with Crippen LogP contribution in [0.5, 0.6) is 11.6 Å². The van der Waals surface area contributed by atoms with Gasteiger partial charge in [0.15, 0.2) is 0 Å². The molecule has 0 aliphatic rings. The monoisotopic (exact) mass is 458 g/mol. The number of carbonyl (C=O) groups excluding carboxylic acids is 1. The molecule has 0 aliphatic heterocycles. The van der Waals surface area contributed by atoms with Crippen molar-refractivity contribution in [1.29, 1.82) is 0 Å². The van der Waals surface area contributed by atoms with Gasteiger partial charge in [0.2, 0.25) is 5.82 Å². The molecule has 0 fully saturated rings. The van der Waals surface area contributed by atoms with E-state index in [1.54, 1.807) is 55.5 Å². The summed E-state index contributed by atoms with van der Waals surface area (Å²) in [6.45, 7) is 1.89. The Morgan fingerprint density at radius 1 is 1.17 bits per heavy atom. The molecule has 0 saturated carbocycles. The molecule has 0 unspecified atom stereocenters. The largest absolute Gasteiger partial charge is 0.462 e. The fourth-order valence-corrected chi connectivity index (χ4v) is 2.68. The first kappa shape index (κ1) is 20.2. The highest BCUT2D eigenvalue weighted by Gasteiger charge is 2.26. The number of benzene rings is 2. The van der Waals surface area contributed by atoms with E-state index in [-0.39, 0.29) is 23.9 Å². The number of aromatic nitrogens is 2. The van der Waals surface area contributed by atoms with E-state index in [0.29, 0.717) is 11.4 Å². The predicted molar refractivity (Wildman–Crippen MR) is 109 cm³/mol. The summed E-state index contributed by atoms with van der Waals surface area (Å²) >= 11 is 3.31. The Kier molecular flexibility index (Phi) is 6.35. The number of nitrogens with one attached hydrogen (secondary N) is 1. The number of para-hydroxylation sites is 1. The topological polar surface area (TPSA) is 116 Å². The van der Waals surface area contributed by atoms with Crippen LogP contribution in [0.1, 0.15) is 17.3 Å². The maximum Gasteiger partial charge on any atom is 0.373 e. The van der Waals surface area contributed by atoms with Gasteiger partial charge in [-0.3, -0.25) is 10.1 Å². The Hall–Kier alpha value is -3.53. The minimum absolute atomic E-state index is 0.117. The molecule has 0 spiro atoms. The van der Waals surface area contributed by atoms with E-state index in [0.717, 1.165) is 10.8 Å². The van der Waals surface area contributed by atoms with Crippen molar-refractivity contribution in [2.45, 2.75) is 6.92 Å². The molecular weight excluding hydrogens is 444 g/mol. The molecule has 0 amide bonds. The second-order valence-corrected chi connectivity index (χ2v) is 6.50. The zero-order valence-corrected chi connectivity index (χ0v) is 16.8. The van der Waals surface area contributed by atoms with Crippen molar-refractivity contribution in [2.75, 3.05) is 11.9 Å². The van der Waals surface area contributed by atoms with E-state index in [2.05, 4.69) is 31.2 Å². The van der Waals surface area contributed by atoms with Crippen molar-refractivity contribution < 1.29 is 19.2 Å². The van der Waals surface area contributed by atoms with Gasteiger partial charge in [-0.1, -0.05) is 28.1 Å². The van der Waals surface area contributed by atoms with Gasteiger partial charge < -0.3 is 14.8 Å². The maximum absolute atomic E-state index is 12.2. The smallest absolute Gasteiger partial charge is 0.373 e. The van der Waals surface area contributed by atoms with E-state index in [4.69, 9.17) is 9.47 Å². The molecule has 1 N–H and O–H groups in total. The first-order valence-corrected chi connectivity index (χ1v) is 9.25. The first-order valence-electron chi connectivity index (χ1n) is 8.45. The molecule has 0 radical (unpaired) electrons. The van der Waals surface area contributed by atoms with Crippen molar-refractivity contribution in [2.24, 2.45) is 0 Å². The van der Waals surface area contributed by atoms with Gasteiger partial charge in [0, 0.05) is 4.47 Å². The Balaban J connectivity index is 1.98. The van der Waals surface area contributed by atoms with Gasteiger partial charge in [-0.25, -0.2) is 9.78 Å². The molecule has 1 aromatic heterocycles. The number of nitro groups is 1. The number of rotatable bonds is 7. The molecule has 0 aliphatic carbocycles. The van der Waals surface area contributed by atoms with Crippen LogP contribution in [0.4, 0.5) is 17.2 Å². The van der Waals surface area contributed by atoms with Crippen LogP contribution >= 0.6 is 15.9 Å². The maximum atomic E-state index is 12.2.